The number of ether oxygens (including phenoxy) is 1. The molecule has 1 aromatic heterocycles. The Kier molecular flexibility index (Phi) is 5.05. The second-order valence-electron chi connectivity index (χ2n) is 7.03. The van der Waals surface area contributed by atoms with Gasteiger partial charge >= 0.3 is 0 Å². The molecule has 0 N–H and O–H groups in total. The molecular weight excluding hydrogens is 316 g/mol. The van der Waals surface area contributed by atoms with Gasteiger partial charge in [-0.15, -0.1) is 5.10 Å². The van der Waals surface area contributed by atoms with E-state index in [0.717, 1.165) is 37.6 Å². The van der Waals surface area contributed by atoms with Crippen molar-refractivity contribution in [1.82, 2.24) is 30.0 Å². The van der Waals surface area contributed by atoms with Gasteiger partial charge in [0, 0.05) is 26.2 Å². The van der Waals surface area contributed by atoms with Crippen LogP contribution >= 0.6 is 0 Å². The highest BCUT2D eigenvalue weighted by molar-refractivity contribution is 5.30. The molecule has 0 saturated carbocycles. The molecule has 0 aliphatic carbocycles. The number of tetrazole rings is 1. The molecule has 134 valence electrons. The lowest BCUT2D eigenvalue weighted by Crippen LogP contribution is -2.39. The average Bonchev–Trinajstić information content (AvgIpc) is 3.38. The van der Waals surface area contributed by atoms with Crippen LogP contribution in [-0.2, 0) is 11.3 Å². The van der Waals surface area contributed by atoms with Crippen LogP contribution in [0.1, 0.15) is 25.1 Å². The molecule has 2 saturated heterocycles. The Morgan fingerprint density at radius 3 is 2.72 bits per heavy atom. The SMILES string of the molecule is CO[C@H]1C[C@@H](CN2CCCC2)N(Cc2nnnn2-c2ccccc2)C1. The van der Waals surface area contributed by atoms with Crippen LogP contribution in [0.2, 0.25) is 0 Å². The van der Waals surface area contributed by atoms with E-state index in [9.17, 15) is 0 Å². The van der Waals surface area contributed by atoms with E-state index in [2.05, 4.69) is 25.3 Å². The van der Waals surface area contributed by atoms with Crippen LogP contribution in [0, 0.1) is 0 Å². The van der Waals surface area contributed by atoms with Crippen molar-refractivity contribution >= 4 is 0 Å². The van der Waals surface area contributed by atoms with Gasteiger partial charge in [0.05, 0.1) is 18.3 Å². The zero-order valence-electron chi connectivity index (χ0n) is 14.8. The minimum atomic E-state index is 0.300. The first-order valence-corrected chi connectivity index (χ1v) is 9.15. The molecule has 0 amide bonds. The summed E-state index contributed by atoms with van der Waals surface area (Å²) in [5.41, 5.74) is 1.00. The van der Waals surface area contributed by atoms with Gasteiger partial charge in [-0.1, -0.05) is 18.2 Å². The number of para-hydroxylation sites is 1. The van der Waals surface area contributed by atoms with Crippen LogP contribution in [0.15, 0.2) is 30.3 Å². The third-order valence-corrected chi connectivity index (χ3v) is 5.37. The monoisotopic (exact) mass is 342 g/mol. The van der Waals surface area contributed by atoms with E-state index in [1.165, 1.54) is 25.9 Å². The van der Waals surface area contributed by atoms with Gasteiger partial charge in [-0.25, -0.2) is 0 Å². The number of rotatable bonds is 6. The fraction of sp³-hybridized carbons (Fsp3) is 0.611. The van der Waals surface area contributed by atoms with E-state index in [4.69, 9.17) is 4.74 Å². The Morgan fingerprint density at radius 1 is 1.16 bits per heavy atom. The van der Waals surface area contributed by atoms with Gasteiger partial charge in [0.25, 0.3) is 0 Å². The van der Waals surface area contributed by atoms with Gasteiger partial charge in [-0.2, -0.15) is 4.68 Å². The van der Waals surface area contributed by atoms with E-state index < -0.39 is 0 Å². The molecule has 0 unspecified atom stereocenters. The molecule has 2 aromatic rings. The van der Waals surface area contributed by atoms with Crippen molar-refractivity contribution < 1.29 is 4.74 Å². The maximum Gasteiger partial charge on any atom is 0.170 e. The molecule has 2 aliphatic rings. The van der Waals surface area contributed by atoms with Crippen LogP contribution < -0.4 is 0 Å². The van der Waals surface area contributed by atoms with E-state index in [1.54, 1.807) is 0 Å². The summed E-state index contributed by atoms with van der Waals surface area (Å²) in [4.78, 5) is 5.06. The first kappa shape index (κ1) is 16.6. The number of methoxy groups -OCH3 is 1. The predicted octanol–water partition coefficient (Wildman–Crippen LogP) is 1.35. The van der Waals surface area contributed by atoms with Crippen LogP contribution in [0.3, 0.4) is 0 Å². The van der Waals surface area contributed by atoms with Crippen LogP contribution in [0.4, 0.5) is 0 Å². The topological polar surface area (TPSA) is 59.3 Å². The predicted molar refractivity (Wildman–Crippen MR) is 94.4 cm³/mol. The van der Waals surface area contributed by atoms with Crippen molar-refractivity contribution in [3.63, 3.8) is 0 Å². The molecular formula is C18H26N6O. The normalized spacial score (nSPS) is 25.0. The summed E-state index contributed by atoms with van der Waals surface area (Å²) in [5.74, 6) is 0.884. The van der Waals surface area contributed by atoms with E-state index >= 15 is 0 Å². The van der Waals surface area contributed by atoms with Crippen molar-refractivity contribution in [3.8, 4) is 5.69 Å². The molecule has 0 spiro atoms. The van der Waals surface area contributed by atoms with Gasteiger partial charge in [-0.05, 0) is 54.9 Å². The smallest absolute Gasteiger partial charge is 0.170 e. The largest absolute Gasteiger partial charge is 0.380 e. The average molecular weight is 342 g/mol. The maximum absolute atomic E-state index is 5.65. The quantitative estimate of drug-likeness (QED) is 0.790. The standard InChI is InChI=1S/C18H26N6O/c1-25-17-11-16(12-22-9-5-6-10-22)23(13-17)14-18-19-20-21-24(18)15-7-3-2-4-8-15/h2-4,7-8,16-17H,5-6,9-14H2,1H3/t16-,17-/m0/s1. The Bertz CT molecular complexity index is 669. The Morgan fingerprint density at radius 2 is 1.96 bits per heavy atom. The molecule has 2 atom stereocenters. The van der Waals surface area contributed by atoms with Gasteiger partial charge in [0.2, 0.25) is 0 Å². The number of benzene rings is 1. The highest BCUT2D eigenvalue weighted by Gasteiger charge is 2.34. The Balaban J connectivity index is 1.49. The number of aromatic nitrogens is 4. The summed E-state index contributed by atoms with van der Waals surface area (Å²) in [6.07, 6.45) is 4.04. The summed E-state index contributed by atoms with van der Waals surface area (Å²) >= 11 is 0. The van der Waals surface area contributed by atoms with E-state index in [1.807, 2.05) is 42.1 Å². The molecule has 3 heterocycles. The summed E-state index contributed by atoms with van der Waals surface area (Å²) in [6.45, 7) is 5.26. The number of hydrogen-bond donors (Lipinski definition) is 0. The fourth-order valence-corrected chi connectivity index (χ4v) is 4.01. The minimum absolute atomic E-state index is 0.300. The van der Waals surface area contributed by atoms with Crippen molar-refractivity contribution in [2.75, 3.05) is 33.3 Å². The zero-order valence-corrected chi connectivity index (χ0v) is 14.8. The lowest BCUT2D eigenvalue weighted by molar-refractivity contribution is 0.106. The highest BCUT2D eigenvalue weighted by Crippen LogP contribution is 2.24. The second kappa shape index (κ2) is 7.59. The Hall–Kier alpha value is -1.83. The lowest BCUT2D eigenvalue weighted by Gasteiger charge is -2.27. The summed E-state index contributed by atoms with van der Waals surface area (Å²) in [5, 5.41) is 12.4. The van der Waals surface area contributed by atoms with Gasteiger partial charge in [-0.3, -0.25) is 4.90 Å². The van der Waals surface area contributed by atoms with E-state index in [0.29, 0.717) is 12.1 Å². The van der Waals surface area contributed by atoms with Crippen LogP contribution in [-0.4, -0.2) is 75.4 Å². The third-order valence-electron chi connectivity index (χ3n) is 5.37. The van der Waals surface area contributed by atoms with Gasteiger partial charge in [0.15, 0.2) is 5.82 Å². The maximum atomic E-state index is 5.65. The van der Waals surface area contributed by atoms with Gasteiger partial charge < -0.3 is 9.64 Å². The molecule has 7 heteroatoms. The summed E-state index contributed by atoms with van der Waals surface area (Å²) < 4.78 is 7.49. The second-order valence-corrected chi connectivity index (χ2v) is 7.03. The highest BCUT2D eigenvalue weighted by atomic mass is 16.5. The minimum Gasteiger partial charge on any atom is -0.380 e. The van der Waals surface area contributed by atoms with Crippen molar-refractivity contribution in [3.05, 3.63) is 36.2 Å². The molecule has 2 aliphatic heterocycles. The molecule has 4 rings (SSSR count). The molecule has 0 bridgehead atoms. The van der Waals surface area contributed by atoms with Crippen LogP contribution in [0.5, 0.6) is 0 Å². The number of likely N-dealkylation sites (tertiary alicyclic amines) is 2. The Labute approximate surface area is 148 Å². The van der Waals surface area contributed by atoms with Gasteiger partial charge in [0.1, 0.15) is 0 Å². The zero-order chi connectivity index (χ0) is 17.1. The molecule has 2 fully saturated rings. The van der Waals surface area contributed by atoms with Crippen molar-refractivity contribution in [1.29, 1.82) is 0 Å². The summed E-state index contributed by atoms with van der Waals surface area (Å²) in [7, 11) is 1.81. The number of hydrogen-bond acceptors (Lipinski definition) is 6. The molecule has 7 nitrogen and oxygen atoms in total. The fourth-order valence-electron chi connectivity index (χ4n) is 4.01. The first-order chi connectivity index (χ1) is 12.3. The molecule has 1 aromatic carbocycles. The van der Waals surface area contributed by atoms with Crippen LogP contribution in [0.25, 0.3) is 5.69 Å². The third kappa shape index (κ3) is 3.73. The first-order valence-electron chi connectivity index (χ1n) is 9.15. The molecule has 0 radical (unpaired) electrons. The lowest BCUT2D eigenvalue weighted by atomic mass is 10.2. The van der Waals surface area contributed by atoms with Crippen molar-refractivity contribution in [2.24, 2.45) is 0 Å². The van der Waals surface area contributed by atoms with E-state index in [-0.39, 0.29) is 0 Å². The van der Waals surface area contributed by atoms with Crippen molar-refractivity contribution in [2.45, 2.75) is 38.0 Å². The molecule has 25 heavy (non-hydrogen) atoms. The number of nitrogens with zero attached hydrogens (tertiary/aromatic N) is 6. The summed E-state index contributed by atoms with van der Waals surface area (Å²) in [6, 6.07) is 10.6.